The van der Waals surface area contributed by atoms with Crippen LogP contribution in [0.15, 0.2) is 79.1 Å². The number of unbranched alkanes of at least 4 members (excludes halogenated alkanes) is 1. The Morgan fingerprint density at radius 1 is 0.956 bits per heavy atom. The molecule has 9 heteroatoms. The van der Waals surface area contributed by atoms with E-state index in [0.717, 1.165) is 40.5 Å². The third-order valence-corrected chi connectivity index (χ3v) is 7.25. The molecule has 1 atom stereocenters. The summed E-state index contributed by atoms with van der Waals surface area (Å²) in [5, 5.41) is 11.2. The molecule has 2 amide bonds. The predicted molar refractivity (Wildman–Crippen MR) is 179 cm³/mol. The van der Waals surface area contributed by atoms with Gasteiger partial charge in [0.15, 0.2) is 0 Å². The van der Waals surface area contributed by atoms with Crippen LogP contribution in [0.25, 0.3) is 16.9 Å². The van der Waals surface area contributed by atoms with Crippen molar-refractivity contribution in [1.29, 1.82) is 0 Å². The van der Waals surface area contributed by atoms with Crippen molar-refractivity contribution in [3.63, 3.8) is 0 Å². The number of hydrogen-bond donors (Lipinski definition) is 3. The van der Waals surface area contributed by atoms with Gasteiger partial charge in [0.2, 0.25) is 11.8 Å². The molecule has 2 aromatic heterocycles. The van der Waals surface area contributed by atoms with Crippen LogP contribution >= 0.6 is 0 Å². The fraction of sp³-hybridized carbons (Fsp3) is 0.389. The maximum absolute atomic E-state index is 12.7. The summed E-state index contributed by atoms with van der Waals surface area (Å²) in [4.78, 5) is 29.1. The van der Waals surface area contributed by atoms with E-state index in [1.54, 1.807) is 12.4 Å². The maximum atomic E-state index is 12.7. The van der Waals surface area contributed by atoms with Gasteiger partial charge in [-0.05, 0) is 86.6 Å². The van der Waals surface area contributed by atoms with Gasteiger partial charge in [0.25, 0.3) is 0 Å². The van der Waals surface area contributed by atoms with E-state index in [0.29, 0.717) is 19.4 Å². The van der Waals surface area contributed by atoms with Crippen molar-refractivity contribution in [2.45, 2.75) is 84.3 Å². The Balaban J connectivity index is 1.32. The van der Waals surface area contributed by atoms with Crippen LogP contribution in [0, 0.1) is 0 Å². The monoisotopic (exact) mass is 610 g/mol. The van der Waals surface area contributed by atoms with Crippen molar-refractivity contribution in [2.24, 2.45) is 5.73 Å². The zero-order valence-electron chi connectivity index (χ0n) is 27.3. The summed E-state index contributed by atoms with van der Waals surface area (Å²) in [7, 11) is 0. The highest BCUT2D eigenvalue weighted by molar-refractivity contribution is 5.86. The number of nitrogens with two attached hydrogens (primary N) is 1. The minimum atomic E-state index is -0.782. The number of amides is 2. The lowest BCUT2D eigenvalue weighted by Gasteiger charge is -2.21. The lowest BCUT2D eigenvalue weighted by molar-refractivity contribution is -0.127. The molecule has 2 aromatic carbocycles. The Hall–Kier alpha value is -4.66. The molecule has 0 aliphatic heterocycles. The second kappa shape index (κ2) is 14.4. The molecule has 4 N–H and O–H groups in total. The molecule has 4 aromatic rings. The van der Waals surface area contributed by atoms with Gasteiger partial charge < -0.3 is 21.1 Å². The molecule has 0 fully saturated rings. The molecule has 0 spiro atoms. The third-order valence-electron chi connectivity index (χ3n) is 7.25. The van der Waals surface area contributed by atoms with Gasteiger partial charge in [-0.25, -0.2) is 4.68 Å². The molecule has 0 saturated carbocycles. The number of benzene rings is 2. The Morgan fingerprint density at radius 3 is 2.27 bits per heavy atom. The van der Waals surface area contributed by atoms with Gasteiger partial charge in [-0.15, -0.1) is 0 Å². The van der Waals surface area contributed by atoms with E-state index in [1.807, 2.05) is 67.9 Å². The summed E-state index contributed by atoms with van der Waals surface area (Å²) in [5.41, 5.74) is 10.2. The zero-order valence-corrected chi connectivity index (χ0v) is 27.3. The SMILES string of the molecule is CC(C)(C)Oc1ccc(C[C@H](NC(=O)CCCCNc2cc(-c3cccnc3)nn2-c2ccc(C(C)(C)C)cc2)C(N)=O)cc1. The number of ether oxygens (including phenoxy) is 1. The number of nitrogens with one attached hydrogen (secondary N) is 2. The highest BCUT2D eigenvalue weighted by atomic mass is 16.5. The zero-order chi connectivity index (χ0) is 32.6. The largest absolute Gasteiger partial charge is 0.488 e. The Labute approximate surface area is 266 Å². The number of primary amides is 1. The number of carbonyl (C=O) groups is 2. The standard InChI is InChI=1S/C36H46N6O3/c1-35(2,3)27-14-16-28(17-15-27)42-32(23-30(41-42)26-10-9-20-38-24-26)39-21-8-7-11-33(43)40-31(34(37)44)22-25-12-18-29(19-13-25)45-36(4,5)6/h9-10,12-20,23-24,31,39H,7-8,11,21-22H2,1-6H3,(H2,37,44)(H,40,43)/t31-/m0/s1. The van der Waals surface area contributed by atoms with Gasteiger partial charge in [-0.1, -0.05) is 45.0 Å². The summed E-state index contributed by atoms with van der Waals surface area (Å²) in [5.74, 6) is 0.839. The van der Waals surface area contributed by atoms with Crippen molar-refractivity contribution in [1.82, 2.24) is 20.1 Å². The first-order chi connectivity index (χ1) is 21.3. The summed E-state index contributed by atoms with van der Waals surface area (Å²) in [6.45, 7) is 13.2. The highest BCUT2D eigenvalue weighted by Crippen LogP contribution is 2.27. The summed E-state index contributed by atoms with van der Waals surface area (Å²) < 4.78 is 7.76. The fourth-order valence-corrected chi connectivity index (χ4v) is 4.86. The van der Waals surface area contributed by atoms with Gasteiger partial charge in [0, 0.05) is 43.4 Å². The molecule has 0 radical (unpaired) electrons. The first-order valence-corrected chi connectivity index (χ1v) is 15.5. The second-order valence-corrected chi connectivity index (χ2v) is 13.3. The molecule has 0 bridgehead atoms. The molecule has 0 unspecified atom stereocenters. The molecule has 4 rings (SSSR count). The summed E-state index contributed by atoms with van der Waals surface area (Å²) >= 11 is 0. The van der Waals surface area contributed by atoms with Crippen LogP contribution in [0.2, 0.25) is 0 Å². The van der Waals surface area contributed by atoms with Crippen LogP contribution in [0.3, 0.4) is 0 Å². The van der Waals surface area contributed by atoms with Crippen molar-refractivity contribution >= 4 is 17.6 Å². The van der Waals surface area contributed by atoms with Crippen molar-refractivity contribution in [3.05, 3.63) is 90.3 Å². The normalized spacial score (nSPS) is 12.4. The van der Waals surface area contributed by atoms with Crippen LogP contribution in [0.4, 0.5) is 5.82 Å². The fourth-order valence-electron chi connectivity index (χ4n) is 4.86. The van der Waals surface area contributed by atoms with Gasteiger partial charge in [-0.2, -0.15) is 5.10 Å². The number of nitrogens with zero attached hydrogens (tertiary/aromatic N) is 3. The smallest absolute Gasteiger partial charge is 0.240 e. The number of hydrogen-bond acceptors (Lipinski definition) is 6. The van der Waals surface area contributed by atoms with Gasteiger partial charge in [0.05, 0.1) is 11.4 Å². The van der Waals surface area contributed by atoms with E-state index in [2.05, 4.69) is 60.7 Å². The van der Waals surface area contributed by atoms with Gasteiger partial charge >= 0.3 is 0 Å². The highest BCUT2D eigenvalue weighted by Gasteiger charge is 2.20. The topological polar surface area (TPSA) is 124 Å². The third kappa shape index (κ3) is 9.93. The van der Waals surface area contributed by atoms with Crippen LogP contribution in [-0.4, -0.2) is 44.8 Å². The average Bonchev–Trinajstić information content (AvgIpc) is 3.41. The lowest BCUT2D eigenvalue weighted by Crippen LogP contribution is -2.45. The molecular formula is C36H46N6O3. The number of pyridine rings is 1. The molecule has 0 aliphatic rings. The number of anilines is 1. The molecular weight excluding hydrogens is 564 g/mol. The summed E-state index contributed by atoms with van der Waals surface area (Å²) in [6, 6.07) is 21.1. The molecule has 2 heterocycles. The minimum absolute atomic E-state index is 0.0568. The number of aromatic nitrogens is 3. The van der Waals surface area contributed by atoms with Gasteiger partial charge in [0.1, 0.15) is 23.2 Å². The van der Waals surface area contributed by atoms with Crippen LogP contribution in [0.1, 0.15) is 71.9 Å². The van der Waals surface area contributed by atoms with E-state index < -0.39 is 11.9 Å². The van der Waals surface area contributed by atoms with Gasteiger partial charge in [-0.3, -0.25) is 14.6 Å². The molecule has 0 aliphatic carbocycles. The Kier molecular flexibility index (Phi) is 10.6. The molecule has 45 heavy (non-hydrogen) atoms. The first kappa shape index (κ1) is 33.2. The minimum Gasteiger partial charge on any atom is -0.488 e. The van der Waals surface area contributed by atoms with Crippen molar-refractivity contribution in [2.75, 3.05) is 11.9 Å². The maximum Gasteiger partial charge on any atom is 0.240 e. The van der Waals surface area contributed by atoms with E-state index in [1.165, 1.54) is 5.56 Å². The molecule has 0 saturated heterocycles. The molecule has 238 valence electrons. The van der Waals surface area contributed by atoms with Crippen LogP contribution in [-0.2, 0) is 21.4 Å². The first-order valence-electron chi connectivity index (χ1n) is 15.5. The number of carbonyl (C=O) groups excluding carboxylic acids is 2. The lowest BCUT2D eigenvalue weighted by atomic mass is 9.87. The number of rotatable bonds is 13. The quantitative estimate of drug-likeness (QED) is 0.155. The van der Waals surface area contributed by atoms with Crippen molar-refractivity contribution < 1.29 is 14.3 Å². The van der Waals surface area contributed by atoms with Crippen LogP contribution < -0.4 is 21.1 Å². The average molecular weight is 611 g/mol. The second-order valence-electron chi connectivity index (χ2n) is 13.3. The predicted octanol–water partition coefficient (Wildman–Crippen LogP) is 6.20. The van der Waals surface area contributed by atoms with Crippen molar-refractivity contribution in [3.8, 4) is 22.7 Å². The van der Waals surface area contributed by atoms with Crippen LogP contribution in [0.5, 0.6) is 5.75 Å². The summed E-state index contributed by atoms with van der Waals surface area (Å²) in [6.07, 6.45) is 5.55. The van der Waals surface area contributed by atoms with E-state index in [9.17, 15) is 9.59 Å². The molecule has 9 nitrogen and oxygen atoms in total. The Bertz CT molecular complexity index is 1550. The van der Waals surface area contributed by atoms with E-state index >= 15 is 0 Å². The van der Waals surface area contributed by atoms with E-state index in [4.69, 9.17) is 15.6 Å². The Morgan fingerprint density at radius 2 is 1.67 bits per heavy atom. The van der Waals surface area contributed by atoms with E-state index in [-0.39, 0.29) is 23.3 Å².